The number of nitrogens with zero attached hydrogens (tertiary/aromatic N) is 2. The van der Waals surface area contributed by atoms with Crippen molar-refractivity contribution in [3.63, 3.8) is 0 Å². The van der Waals surface area contributed by atoms with Gasteiger partial charge in [0, 0.05) is 25.4 Å². The van der Waals surface area contributed by atoms with Gasteiger partial charge in [-0.3, -0.25) is 10.0 Å². The van der Waals surface area contributed by atoms with Crippen LogP contribution in [0.5, 0.6) is 0 Å². The smallest absolute Gasteiger partial charge is 0.346 e. The van der Waals surface area contributed by atoms with Crippen molar-refractivity contribution >= 4 is 12.0 Å². The summed E-state index contributed by atoms with van der Waals surface area (Å²) in [6.45, 7) is 2.42. The van der Waals surface area contributed by atoms with E-state index in [0.29, 0.717) is 24.4 Å². The van der Waals surface area contributed by atoms with Crippen molar-refractivity contribution in [3.8, 4) is 0 Å². The Morgan fingerprint density at radius 2 is 2.22 bits per heavy atom. The molecule has 6 heteroatoms. The molecule has 0 bridgehead atoms. The summed E-state index contributed by atoms with van der Waals surface area (Å²) in [5.41, 5.74) is -0.291. The van der Waals surface area contributed by atoms with Gasteiger partial charge in [-0.1, -0.05) is 13.3 Å². The van der Waals surface area contributed by atoms with Crippen molar-refractivity contribution in [2.45, 2.75) is 45.3 Å². The number of esters is 1. The summed E-state index contributed by atoms with van der Waals surface area (Å²) in [4.78, 5) is 24.8. The van der Waals surface area contributed by atoms with Crippen LogP contribution in [0.15, 0.2) is 0 Å². The van der Waals surface area contributed by atoms with Crippen molar-refractivity contribution in [3.05, 3.63) is 0 Å². The first-order valence-corrected chi connectivity index (χ1v) is 6.43. The number of hydrogen-bond donors (Lipinski definition) is 1. The zero-order chi connectivity index (χ0) is 13.3. The Morgan fingerprint density at radius 3 is 2.72 bits per heavy atom. The molecule has 0 radical (unpaired) electrons. The lowest BCUT2D eigenvalue weighted by Crippen LogP contribution is -2.65. The molecule has 0 aromatic heterocycles. The molecular weight excluding hydrogens is 236 g/mol. The predicted octanol–water partition coefficient (Wildman–Crippen LogP) is 1.58. The van der Waals surface area contributed by atoms with Crippen molar-refractivity contribution in [1.29, 1.82) is 0 Å². The van der Waals surface area contributed by atoms with Crippen molar-refractivity contribution in [2.75, 3.05) is 13.6 Å². The number of urea groups is 1. The lowest BCUT2D eigenvalue weighted by Gasteiger charge is -2.53. The maximum absolute atomic E-state index is 11.7. The average Bonchev–Trinajstić information content (AvgIpc) is 2.28. The molecule has 2 amide bonds. The van der Waals surface area contributed by atoms with Crippen LogP contribution < -0.4 is 0 Å². The number of carbonyl (C=O) groups is 2. The maximum atomic E-state index is 11.7. The summed E-state index contributed by atoms with van der Waals surface area (Å²) in [5, 5.41) is 10.5. The fourth-order valence-electron chi connectivity index (χ4n) is 2.75. The van der Waals surface area contributed by atoms with Gasteiger partial charge in [0.1, 0.15) is 0 Å². The lowest BCUT2D eigenvalue weighted by atomic mass is 9.66. The highest BCUT2D eigenvalue weighted by atomic mass is 16.6. The van der Waals surface area contributed by atoms with Gasteiger partial charge in [0.2, 0.25) is 6.23 Å². The van der Waals surface area contributed by atoms with Crippen LogP contribution in [0.4, 0.5) is 4.79 Å². The van der Waals surface area contributed by atoms with E-state index in [-0.39, 0.29) is 11.4 Å². The van der Waals surface area contributed by atoms with Crippen LogP contribution in [0.25, 0.3) is 0 Å². The summed E-state index contributed by atoms with van der Waals surface area (Å²) in [6.07, 6.45) is 2.95. The monoisotopic (exact) mass is 256 g/mol. The largest absolute Gasteiger partial charge is 0.438 e. The van der Waals surface area contributed by atoms with E-state index in [2.05, 4.69) is 0 Å². The van der Waals surface area contributed by atoms with Crippen LogP contribution in [0.1, 0.15) is 39.0 Å². The minimum absolute atomic E-state index is 0.291. The number of hydrogen-bond acceptors (Lipinski definition) is 4. The first kappa shape index (κ1) is 13.1. The molecule has 1 atom stereocenters. The molecule has 102 valence electrons. The molecule has 1 aliphatic heterocycles. The van der Waals surface area contributed by atoms with Crippen LogP contribution >= 0.6 is 0 Å². The third-order valence-corrected chi connectivity index (χ3v) is 3.87. The Hall–Kier alpha value is -1.30. The second-order valence-electron chi connectivity index (χ2n) is 5.29. The number of amides is 2. The predicted molar refractivity (Wildman–Crippen MR) is 62.7 cm³/mol. The zero-order valence-corrected chi connectivity index (χ0v) is 10.9. The summed E-state index contributed by atoms with van der Waals surface area (Å²) in [6, 6.07) is -0.512. The molecule has 1 spiro atoms. The van der Waals surface area contributed by atoms with Crippen LogP contribution in [0.2, 0.25) is 0 Å². The van der Waals surface area contributed by atoms with Gasteiger partial charge in [0.25, 0.3) is 0 Å². The molecular formula is C12H20N2O4. The van der Waals surface area contributed by atoms with Gasteiger partial charge in [-0.15, -0.1) is 0 Å². The third-order valence-electron chi connectivity index (χ3n) is 3.87. The van der Waals surface area contributed by atoms with Gasteiger partial charge in [-0.2, -0.15) is 5.06 Å². The van der Waals surface area contributed by atoms with Crippen molar-refractivity contribution in [1.82, 2.24) is 9.96 Å². The van der Waals surface area contributed by atoms with Gasteiger partial charge in [-0.05, 0) is 19.3 Å². The first-order chi connectivity index (χ1) is 8.50. The van der Waals surface area contributed by atoms with Crippen LogP contribution in [-0.4, -0.2) is 47.0 Å². The highest BCUT2D eigenvalue weighted by molar-refractivity contribution is 5.75. The van der Waals surface area contributed by atoms with E-state index in [9.17, 15) is 14.8 Å². The molecule has 18 heavy (non-hydrogen) atoms. The number of rotatable bonds is 3. The summed E-state index contributed by atoms with van der Waals surface area (Å²) >= 11 is 0. The van der Waals surface area contributed by atoms with E-state index >= 15 is 0 Å². The minimum Gasteiger partial charge on any atom is -0.438 e. The van der Waals surface area contributed by atoms with E-state index in [1.165, 1.54) is 4.90 Å². The Labute approximate surface area is 106 Å². The summed E-state index contributed by atoms with van der Waals surface area (Å²) in [5.74, 6) is -0.356. The van der Waals surface area contributed by atoms with Crippen molar-refractivity contribution in [2.24, 2.45) is 5.41 Å². The van der Waals surface area contributed by atoms with Gasteiger partial charge in [-0.25, -0.2) is 4.79 Å². The number of hydroxylamine groups is 2. The Bertz CT molecular complexity index is 354. The standard InChI is InChI=1S/C12H20N2O4/c1-3-5-9(15)18-10-12(6-4-7-12)8-13(2)11(16)14(10)17/h10,17H,3-8H2,1-2H3. The van der Waals surface area contributed by atoms with Crippen LogP contribution in [0, 0.1) is 5.41 Å². The second kappa shape index (κ2) is 4.76. The average molecular weight is 256 g/mol. The van der Waals surface area contributed by atoms with Crippen LogP contribution in [0.3, 0.4) is 0 Å². The lowest BCUT2D eigenvalue weighted by molar-refractivity contribution is -0.257. The van der Waals surface area contributed by atoms with Gasteiger partial charge >= 0.3 is 12.0 Å². The fourth-order valence-corrected chi connectivity index (χ4v) is 2.75. The van der Waals surface area contributed by atoms with Gasteiger partial charge in [0.05, 0.1) is 0 Å². The molecule has 2 rings (SSSR count). The van der Waals surface area contributed by atoms with E-state index < -0.39 is 12.3 Å². The number of ether oxygens (including phenoxy) is 1. The molecule has 1 saturated carbocycles. The molecule has 1 N–H and O–H groups in total. The zero-order valence-electron chi connectivity index (χ0n) is 10.9. The van der Waals surface area contributed by atoms with E-state index in [0.717, 1.165) is 19.3 Å². The molecule has 0 aromatic rings. The second-order valence-corrected chi connectivity index (χ2v) is 5.29. The molecule has 2 fully saturated rings. The summed E-state index contributed by atoms with van der Waals surface area (Å²) in [7, 11) is 1.65. The molecule has 1 unspecified atom stereocenters. The van der Waals surface area contributed by atoms with Gasteiger partial charge < -0.3 is 9.64 Å². The fraction of sp³-hybridized carbons (Fsp3) is 0.833. The highest BCUT2D eigenvalue weighted by Crippen LogP contribution is 2.48. The Morgan fingerprint density at radius 1 is 1.56 bits per heavy atom. The van der Waals surface area contributed by atoms with Gasteiger partial charge in [0.15, 0.2) is 0 Å². The quantitative estimate of drug-likeness (QED) is 0.615. The third kappa shape index (κ3) is 2.05. The topological polar surface area (TPSA) is 70.1 Å². The first-order valence-electron chi connectivity index (χ1n) is 6.43. The van der Waals surface area contributed by atoms with E-state index in [1.807, 2.05) is 6.92 Å². The van der Waals surface area contributed by atoms with E-state index in [4.69, 9.17) is 4.74 Å². The normalized spacial score (nSPS) is 26.2. The molecule has 0 aromatic carbocycles. The molecule has 1 saturated heterocycles. The van der Waals surface area contributed by atoms with E-state index in [1.54, 1.807) is 7.05 Å². The SMILES string of the molecule is CCCC(=O)OC1N(O)C(=O)N(C)CC12CCC2. The Kier molecular flexibility index (Phi) is 3.47. The summed E-state index contributed by atoms with van der Waals surface area (Å²) < 4.78 is 5.31. The number of carbonyl (C=O) groups excluding carboxylic acids is 2. The van der Waals surface area contributed by atoms with Crippen LogP contribution in [-0.2, 0) is 9.53 Å². The molecule has 2 aliphatic rings. The van der Waals surface area contributed by atoms with Crippen molar-refractivity contribution < 1.29 is 19.5 Å². The maximum Gasteiger partial charge on any atom is 0.346 e. The molecule has 1 heterocycles. The highest BCUT2D eigenvalue weighted by Gasteiger charge is 2.55. The minimum atomic E-state index is -0.825. The molecule has 1 aliphatic carbocycles. The molecule has 6 nitrogen and oxygen atoms in total. The Balaban J connectivity index is 2.13.